The predicted molar refractivity (Wildman–Crippen MR) is 123 cm³/mol. The summed E-state index contributed by atoms with van der Waals surface area (Å²) in [6.45, 7) is 0. The molecule has 1 saturated carbocycles. The molecule has 1 aliphatic rings. The van der Waals surface area contributed by atoms with Crippen molar-refractivity contribution < 1.29 is 4.42 Å². The van der Waals surface area contributed by atoms with Crippen molar-refractivity contribution in [3.8, 4) is 11.6 Å². The molecule has 0 bridgehead atoms. The molecule has 9 nitrogen and oxygen atoms in total. The number of para-hydroxylation sites is 1. The van der Waals surface area contributed by atoms with E-state index in [1.807, 2.05) is 42.5 Å². The first kappa shape index (κ1) is 20.5. The van der Waals surface area contributed by atoms with Gasteiger partial charge in [-0.25, -0.2) is 0 Å². The molecule has 1 aromatic carbocycles. The van der Waals surface area contributed by atoms with Crippen molar-refractivity contribution in [3.05, 3.63) is 54.6 Å². The Balaban J connectivity index is 1.38. The zero-order valence-electron chi connectivity index (χ0n) is 17.5. The highest BCUT2D eigenvalue weighted by Crippen LogP contribution is 2.36. The lowest BCUT2D eigenvalue weighted by atomic mass is 9.95. The second-order valence-electron chi connectivity index (χ2n) is 7.66. The average molecular weight is 449 g/mol. The van der Waals surface area contributed by atoms with Crippen LogP contribution < -0.4 is 11.1 Å². The van der Waals surface area contributed by atoms with Crippen LogP contribution >= 0.6 is 11.8 Å². The van der Waals surface area contributed by atoms with Gasteiger partial charge in [0.1, 0.15) is 5.82 Å². The van der Waals surface area contributed by atoms with E-state index in [-0.39, 0.29) is 5.95 Å². The Morgan fingerprint density at radius 1 is 1.00 bits per heavy atom. The normalized spacial score (nSPS) is 14.5. The third-order valence-corrected chi connectivity index (χ3v) is 6.34. The number of nitrogens with two attached hydrogens (primary N) is 1. The average Bonchev–Trinajstić information content (AvgIpc) is 3.48. The number of nitrogen functional groups attached to an aromatic ring is 1. The van der Waals surface area contributed by atoms with Crippen LogP contribution in [0.25, 0.3) is 11.6 Å². The number of benzene rings is 1. The van der Waals surface area contributed by atoms with Crippen LogP contribution in [-0.4, -0.2) is 29.7 Å². The summed E-state index contributed by atoms with van der Waals surface area (Å²) in [4.78, 5) is 13.0. The standard InChI is InChI=1S/C22H24N8OS/c23-20-25-18(26-21(27-20)24-15-8-3-1-4-9-15)14-32-22-29-28-19(17-12-7-13-31-17)30(22)16-10-5-2-6-11-16/h1,3-4,7-9,12-13,16H,2,5-6,10-11,14H2,(H3,23,24,25,26,27). The molecule has 3 heterocycles. The number of furan rings is 1. The molecule has 0 radical (unpaired) electrons. The maximum atomic E-state index is 5.94. The van der Waals surface area contributed by atoms with E-state index in [0.29, 0.717) is 23.6 Å². The highest BCUT2D eigenvalue weighted by molar-refractivity contribution is 7.98. The Kier molecular flexibility index (Phi) is 6.02. The topological polar surface area (TPSA) is 121 Å². The van der Waals surface area contributed by atoms with Gasteiger partial charge in [-0.2, -0.15) is 15.0 Å². The SMILES string of the molecule is Nc1nc(CSc2nnc(-c3ccco3)n2C2CCCCC2)nc(Nc2ccccc2)n1. The van der Waals surface area contributed by atoms with Crippen LogP contribution in [0.5, 0.6) is 0 Å². The largest absolute Gasteiger partial charge is 0.461 e. The van der Waals surface area contributed by atoms with Gasteiger partial charge in [-0.1, -0.05) is 49.2 Å². The summed E-state index contributed by atoms with van der Waals surface area (Å²) in [5.41, 5.74) is 6.83. The van der Waals surface area contributed by atoms with Gasteiger partial charge < -0.3 is 15.5 Å². The van der Waals surface area contributed by atoms with E-state index >= 15 is 0 Å². The smallest absolute Gasteiger partial charge is 0.232 e. The lowest BCUT2D eigenvalue weighted by Crippen LogP contribution is -2.15. The molecular weight excluding hydrogens is 424 g/mol. The van der Waals surface area contributed by atoms with Crippen LogP contribution in [0.2, 0.25) is 0 Å². The fraction of sp³-hybridized carbons (Fsp3) is 0.318. The Morgan fingerprint density at radius 3 is 2.62 bits per heavy atom. The van der Waals surface area contributed by atoms with Gasteiger partial charge in [-0.3, -0.25) is 4.57 Å². The Hall–Kier alpha value is -3.40. The van der Waals surface area contributed by atoms with Crippen LogP contribution in [0.1, 0.15) is 44.0 Å². The molecule has 4 aromatic rings. The number of hydrogen-bond acceptors (Lipinski definition) is 9. The highest BCUT2D eigenvalue weighted by atomic mass is 32.2. The molecule has 1 fully saturated rings. The van der Waals surface area contributed by atoms with Gasteiger partial charge in [-0.15, -0.1) is 10.2 Å². The minimum atomic E-state index is 0.180. The van der Waals surface area contributed by atoms with Gasteiger partial charge in [0.05, 0.1) is 12.0 Å². The van der Waals surface area contributed by atoms with Crippen LogP contribution in [0.15, 0.2) is 58.3 Å². The maximum absolute atomic E-state index is 5.94. The molecule has 0 atom stereocenters. The Morgan fingerprint density at radius 2 is 1.84 bits per heavy atom. The molecular formula is C22H24N8OS. The molecule has 32 heavy (non-hydrogen) atoms. The molecule has 0 amide bonds. The third kappa shape index (κ3) is 4.59. The monoisotopic (exact) mass is 448 g/mol. The minimum Gasteiger partial charge on any atom is -0.461 e. The number of aromatic nitrogens is 6. The van der Waals surface area contributed by atoms with E-state index in [1.54, 1.807) is 18.0 Å². The van der Waals surface area contributed by atoms with Crippen molar-refractivity contribution in [1.82, 2.24) is 29.7 Å². The molecule has 1 aliphatic carbocycles. The quantitative estimate of drug-likeness (QED) is 0.382. The number of hydrogen-bond donors (Lipinski definition) is 2. The van der Waals surface area contributed by atoms with Crippen molar-refractivity contribution in [2.75, 3.05) is 11.1 Å². The summed E-state index contributed by atoms with van der Waals surface area (Å²) < 4.78 is 7.84. The van der Waals surface area contributed by atoms with E-state index in [4.69, 9.17) is 10.2 Å². The summed E-state index contributed by atoms with van der Waals surface area (Å²) in [6, 6.07) is 13.9. The molecule has 0 unspecified atom stereocenters. The second kappa shape index (κ2) is 9.39. The van der Waals surface area contributed by atoms with Gasteiger partial charge in [-0.05, 0) is 37.1 Å². The number of nitrogens with zero attached hydrogens (tertiary/aromatic N) is 6. The minimum absolute atomic E-state index is 0.180. The summed E-state index contributed by atoms with van der Waals surface area (Å²) in [7, 11) is 0. The number of anilines is 3. The van der Waals surface area contributed by atoms with E-state index < -0.39 is 0 Å². The van der Waals surface area contributed by atoms with Crippen molar-refractivity contribution in [2.24, 2.45) is 0 Å². The van der Waals surface area contributed by atoms with E-state index in [2.05, 4.69) is 35.0 Å². The first-order chi connectivity index (χ1) is 15.8. The highest BCUT2D eigenvalue weighted by Gasteiger charge is 2.25. The van der Waals surface area contributed by atoms with E-state index in [1.165, 1.54) is 19.3 Å². The number of rotatable bonds is 7. The van der Waals surface area contributed by atoms with Gasteiger partial charge in [0.15, 0.2) is 10.9 Å². The summed E-state index contributed by atoms with van der Waals surface area (Å²) in [5, 5.41) is 12.9. The molecule has 3 N–H and O–H groups in total. The third-order valence-electron chi connectivity index (χ3n) is 5.41. The van der Waals surface area contributed by atoms with Crippen LogP contribution in [-0.2, 0) is 5.75 Å². The Labute approximate surface area is 189 Å². The first-order valence-corrected chi connectivity index (χ1v) is 11.7. The van der Waals surface area contributed by atoms with E-state index in [0.717, 1.165) is 35.3 Å². The van der Waals surface area contributed by atoms with Gasteiger partial charge >= 0.3 is 0 Å². The van der Waals surface area contributed by atoms with E-state index in [9.17, 15) is 0 Å². The van der Waals surface area contributed by atoms with Crippen molar-refractivity contribution in [1.29, 1.82) is 0 Å². The molecule has 5 rings (SSSR count). The molecule has 0 saturated heterocycles. The Bertz CT molecular complexity index is 1160. The van der Waals surface area contributed by atoms with Crippen LogP contribution in [0, 0.1) is 0 Å². The molecule has 3 aromatic heterocycles. The maximum Gasteiger partial charge on any atom is 0.232 e. The van der Waals surface area contributed by atoms with Gasteiger partial charge in [0.2, 0.25) is 17.7 Å². The summed E-state index contributed by atoms with van der Waals surface area (Å²) in [5.74, 6) is 3.18. The second-order valence-corrected chi connectivity index (χ2v) is 8.60. The zero-order valence-corrected chi connectivity index (χ0v) is 18.3. The number of nitrogens with one attached hydrogen (secondary N) is 1. The van der Waals surface area contributed by atoms with Crippen molar-refractivity contribution in [2.45, 2.75) is 49.1 Å². The van der Waals surface area contributed by atoms with Crippen LogP contribution in [0.3, 0.4) is 0 Å². The first-order valence-electron chi connectivity index (χ1n) is 10.7. The number of thioether (sulfide) groups is 1. The lowest BCUT2D eigenvalue weighted by Gasteiger charge is -2.25. The van der Waals surface area contributed by atoms with Gasteiger partial charge in [0, 0.05) is 11.7 Å². The zero-order chi connectivity index (χ0) is 21.8. The summed E-state index contributed by atoms with van der Waals surface area (Å²) in [6.07, 6.45) is 7.59. The predicted octanol–water partition coefficient (Wildman–Crippen LogP) is 4.85. The molecule has 0 spiro atoms. The molecule has 10 heteroatoms. The fourth-order valence-electron chi connectivity index (χ4n) is 3.96. The van der Waals surface area contributed by atoms with Crippen molar-refractivity contribution >= 4 is 29.3 Å². The lowest BCUT2D eigenvalue weighted by molar-refractivity contribution is 0.337. The molecule has 164 valence electrons. The summed E-state index contributed by atoms with van der Waals surface area (Å²) >= 11 is 1.55. The van der Waals surface area contributed by atoms with Crippen molar-refractivity contribution in [3.63, 3.8) is 0 Å². The van der Waals surface area contributed by atoms with Gasteiger partial charge in [0.25, 0.3) is 0 Å². The fourth-order valence-corrected chi connectivity index (χ4v) is 4.82. The molecule has 0 aliphatic heterocycles. The van der Waals surface area contributed by atoms with Crippen LogP contribution in [0.4, 0.5) is 17.6 Å².